The van der Waals surface area contributed by atoms with E-state index in [4.69, 9.17) is 4.74 Å². The Kier molecular flexibility index (Phi) is 10.3. The van der Waals surface area contributed by atoms with E-state index in [1.54, 1.807) is 7.11 Å². The number of nitrogens with zero attached hydrogens (tertiary/aromatic N) is 3. The zero-order valence-electron chi connectivity index (χ0n) is 28.0. The van der Waals surface area contributed by atoms with Crippen molar-refractivity contribution in [3.05, 3.63) is 66.0 Å². The first kappa shape index (κ1) is 32.8. The smallest absolute Gasteiger partial charge is 0.239 e. The van der Waals surface area contributed by atoms with Crippen molar-refractivity contribution in [3.63, 3.8) is 0 Å². The molecule has 47 heavy (non-hydrogen) atoms. The van der Waals surface area contributed by atoms with E-state index in [9.17, 15) is 14.4 Å². The van der Waals surface area contributed by atoms with Crippen molar-refractivity contribution in [1.29, 1.82) is 0 Å². The van der Waals surface area contributed by atoms with Gasteiger partial charge in [0.05, 0.1) is 25.9 Å². The number of methoxy groups -OCH3 is 1. The molecular formula is C38H49N5O4. The highest BCUT2D eigenvalue weighted by atomic mass is 16.5. The number of hydrogen-bond donors (Lipinski definition) is 2. The van der Waals surface area contributed by atoms with E-state index in [0.29, 0.717) is 24.4 Å². The quantitative estimate of drug-likeness (QED) is 0.256. The van der Waals surface area contributed by atoms with Crippen molar-refractivity contribution in [2.75, 3.05) is 25.1 Å². The van der Waals surface area contributed by atoms with Crippen molar-refractivity contribution in [2.24, 2.45) is 11.8 Å². The molecule has 3 amide bonds. The summed E-state index contributed by atoms with van der Waals surface area (Å²) >= 11 is 0. The van der Waals surface area contributed by atoms with Gasteiger partial charge in [-0.2, -0.15) is 5.10 Å². The van der Waals surface area contributed by atoms with Gasteiger partial charge < -0.3 is 20.3 Å². The van der Waals surface area contributed by atoms with Crippen LogP contribution in [0.1, 0.15) is 94.2 Å². The molecule has 3 fully saturated rings. The SMILES string of the molecule is COc1ccc(C2CCC(CN(C(=O)C3CCC(NC(=O)CNC(C)=O)CC3)c3cccc(-c4cnn(C5CC5)c4)c3)CC2)cc1C. The molecule has 0 radical (unpaired) electrons. The molecule has 0 atom stereocenters. The van der Waals surface area contributed by atoms with Crippen molar-refractivity contribution < 1.29 is 19.1 Å². The Morgan fingerprint density at radius 3 is 2.38 bits per heavy atom. The van der Waals surface area contributed by atoms with Crippen LogP contribution in [0.3, 0.4) is 0 Å². The molecule has 2 aromatic carbocycles. The molecule has 250 valence electrons. The van der Waals surface area contributed by atoms with Gasteiger partial charge in [0.2, 0.25) is 17.7 Å². The minimum atomic E-state index is -0.223. The number of carbonyl (C=O) groups is 3. The predicted octanol–water partition coefficient (Wildman–Crippen LogP) is 6.32. The standard InChI is InChI=1S/C38H49N5O4/c1-25-19-31(13-18-36(25)47-3)28-9-7-27(8-10-28)23-42(35-6-4-5-30(20-35)32-21-40-43(24-32)34-16-17-34)38(46)29-11-14-33(15-12-29)41-37(45)22-39-26(2)44/h4-6,13,18-21,24,27-29,33-34H,7-12,14-17,22-23H2,1-3H3,(H,39,44)(H,41,45). The zero-order valence-corrected chi connectivity index (χ0v) is 28.0. The van der Waals surface area contributed by atoms with Gasteiger partial charge in [-0.25, -0.2) is 0 Å². The van der Waals surface area contributed by atoms with Gasteiger partial charge in [0.15, 0.2) is 0 Å². The number of hydrogen-bond acceptors (Lipinski definition) is 5. The fourth-order valence-electron chi connectivity index (χ4n) is 7.48. The maximum absolute atomic E-state index is 14.4. The number of rotatable bonds is 11. The van der Waals surface area contributed by atoms with Gasteiger partial charge in [-0.1, -0.05) is 24.3 Å². The van der Waals surface area contributed by atoms with Crippen molar-refractivity contribution >= 4 is 23.4 Å². The van der Waals surface area contributed by atoms with Crippen LogP contribution >= 0.6 is 0 Å². The van der Waals surface area contributed by atoms with Gasteiger partial charge >= 0.3 is 0 Å². The van der Waals surface area contributed by atoms with Crippen LogP contribution in [0, 0.1) is 18.8 Å². The van der Waals surface area contributed by atoms with E-state index < -0.39 is 0 Å². The van der Waals surface area contributed by atoms with E-state index in [1.807, 2.05) is 6.20 Å². The molecule has 0 bridgehead atoms. The summed E-state index contributed by atoms with van der Waals surface area (Å²) < 4.78 is 7.55. The number of amides is 3. The number of benzene rings is 2. The second-order valence-electron chi connectivity index (χ2n) is 13.9. The van der Waals surface area contributed by atoms with Gasteiger partial charge in [0, 0.05) is 42.9 Å². The number of carbonyl (C=O) groups excluding carboxylic acids is 3. The maximum Gasteiger partial charge on any atom is 0.239 e. The van der Waals surface area contributed by atoms with E-state index in [1.165, 1.54) is 30.9 Å². The Labute approximate surface area is 278 Å². The van der Waals surface area contributed by atoms with Gasteiger partial charge in [0.25, 0.3) is 0 Å². The van der Waals surface area contributed by atoms with E-state index in [0.717, 1.165) is 73.9 Å². The summed E-state index contributed by atoms with van der Waals surface area (Å²) in [6, 6.07) is 15.5. The first-order valence-electron chi connectivity index (χ1n) is 17.4. The Bertz CT molecular complexity index is 1560. The molecule has 9 nitrogen and oxygen atoms in total. The second kappa shape index (κ2) is 14.7. The van der Waals surface area contributed by atoms with Crippen LogP contribution in [0.25, 0.3) is 11.1 Å². The lowest BCUT2D eigenvalue weighted by atomic mass is 9.78. The molecule has 3 saturated carbocycles. The van der Waals surface area contributed by atoms with Crippen molar-refractivity contribution in [1.82, 2.24) is 20.4 Å². The molecule has 0 aliphatic heterocycles. The summed E-state index contributed by atoms with van der Waals surface area (Å²) in [5.74, 6) is 1.59. The van der Waals surface area contributed by atoms with Crippen LogP contribution in [0.4, 0.5) is 5.69 Å². The first-order chi connectivity index (χ1) is 22.8. The normalized spacial score (nSPS) is 22.7. The number of aromatic nitrogens is 2. The Hall–Kier alpha value is -4.14. The summed E-state index contributed by atoms with van der Waals surface area (Å²) in [5.41, 5.74) is 5.67. The number of ether oxygens (including phenoxy) is 1. The molecule has 0 saturated heterocycles. The molecule has 3 aliphatic rings. The molecule has 0 spiro atoms. The second-order valence-corrected chi connectivity index (χ2v) is 13.9. The molecule has 3 aromatic rings. The van der Waals surface area contributed by atoms with Crippen LogP contribution in [0.2, 0.25) is 0 Å². The van der Waals surface area contributed by atoms with Crippen LogP contribution in [-0.4, -0.2) is 53.7 Å². The van der Waals surface area contributed by atoms with Crippen LogP contribution in [0.15, 0.2) is 54.9 Å². The summed E-state index contributed by atoms with van der Waals surface area (Å²) in [6.07, 6.45) is 13.8. The molecule has 6 rings (SSSR count). The third kappa shape index (κ3) is 8.24. The summed E-state index contributed by atoms with van der Waals surface area (Å²) in [6.45, 7) is 4.21. The summed E-state index contributed by atoms with van der Waals surface area (Å²) in [5, 5.41) is 10.2. The first-order valence-corrected chi connectivity index (χ1v) is 17.4. The van der Waals surface area contributed by atoms with Gasteiger partial charge in [-0.15, -0.1) is 0 Å². The Morgan fingerprint density at radius 1 is 0.936 bits per heavy atom. The monoisotopic (exact) mass is 639 g/mol. The highest BCUT2D eigenvalue weighted by Gasteiger charge is 2.33. The lowest BCUT2D eigenvalue weighted by Crippen LogP contribution is -2.46. The largest absolute Gasteiger partial charge is 0.496 e. The fraction of sp³-hybridized carbons (Fsp3) is 0.526. The number of anilines is 1. The third-order valence-electron chi connectivity index (χ3n) is 10.4. The van der Waals surface area contributed by atoms with E-state index in [-0.39, 0.29) is 36.2 Å². The third-order valence-corrected chi connectivity index (χ3v) is 10.4. The van der Waals surface area contributed by atoms with Gasteiger partial charge in [-0.3, -0.25) is 19.1 Å². The average molecular weight is 640 g/mol. The Balaban J connectivity index is 1.14. The zero-order chi connectivity index (χ0) is 32.9. The molecule has 1 aromatic heterocycles. The molecule has 2 N–H and O–H groups in total. The maximum atomic E-state index is 14.4. The molecule has 9 heteroatoms. The topological polar surface area (TPSA) is 106 Å². The lowest BCUT2D eigenvalue weighted by Gasteiger charge is -2.36. The highest BCUT2D eigenvalue weighted by Crippen LogP contribution is 2.39. The van der Waals surface area contributed by atoms with Crippen LogP contribution < -0.4 is 20.3 Å². The lowest BCUT2D eigenvalue weighted by molar-refractivity contribution is -0.126. The van der Waals surface area contributed by atoms with Crippen molar-refractivity contribution in [2.45, 2.75) is 96.1 Å². The van der Waals surface area contributed by atoms with Crippen LogP contribution in [-0.2, 0) is 14.4 Å². The fourth-order valence-corrected chi connectivity index (χ4v) is 7.48. The van der Waals surface area contributed by atoms with Gasteiger partial charge in [-0.05, 0) is 118 Å². The van der Waals surface area contributed by atoms with E-state index in [2.05, 4.69) is 80.9 Å². The number of nitrogens with one attached hydrogen (secondary N) is 2. The minimum Gasteiger partial charge on any atom is -0.496 e. The Morgan fingerprint density at radius 2 is 1.70 bits per heavy atom. The van der Waals surface area contributed by atoms with Crippen molar-refractivity contribution in [3.8, 4) is 16.9 Å². The number of aryl methyl sites for hydroxylation is 1. The molecule has 3 aliphatic carbocycles. The average Bonchev–Trinajstić information content (AvgIpc) is 3.82. The summed E-state index contributed by atoms with van der Waals surface area (Å²) in [7, 11) is 1.72. The van der Waals surface area contributed by atoms with E-state index >= 15 is 0 Å². The molecule has 1 heterocycles. The molecule has 0 unspecified atom stereocenters. The molecular weight excluding hydrogens is 590 g/mol. The predicted molar refractivity (Wildman–Crippen MR) is 183 cm³/mol. The van der Waals surface area contributed by atoms with Gasteiger partial charge in [0.1, 0.15) is 5.75 Å². The highest BCUT2D eigenvalue weighted by molar-refractivity contribution is 5.96. The summed E-state index contributed by atoms with van der Waals surface area (Å²) in [4.78, 5) is 39.9. The van der Waals surface area contributed by atoms with Crippen LogP contribution in [0.5, 0.6) is 5.75 Å². The minimum absolute atomic E-state index is 0.0157.